The number of imide groups is 2. The van der Waals surface area contributed by atoms with E-state index < -0.39 is 43.7 Å². The van der Waals surface area contributed by atoms with Crippen molar-refractivity contribution in [2.24, 2.45) is 0 Å². The molecule has 2 heterocycles. The molecule has 0 bridgehead atoms. The first-order valence-corrected chi connectivity index (χ1v) is 20.9. The second kappa shape index (κ2) is 15.2. The Labute approximate surface area is 325 Å². The largest absolute Gasteiger partial charge is 0.274 e. The zero-order valence-corrected chi connectivity index (χ0v) is 32.3. The van der Waals surface area contributed by atoms with Crippen molar-refractivity contribution in [1.82, 2.24) is 9.80 Å². The maximum Gasteiger partial charge on any atom is 0.264 e. The van der Waals surface area contributed by atoms with Gasteiger partial charge in [0.15, 0.2) is 0 Å². The summed E-state index contributed by atoms with van der Waals surface area (Å²) in [5.41, 5.74) is 3.38. The topological polar surface area (TPSA) is 150 Å². The molecule has 0 spiro atoms. The number of fused-ring (bicyclic) bond motifs is 2. The van der Waals surface area contributed by atoms with Crippen LogP contribution in [0.25, 0.3) is 0 Å². The van der Waals surface area contributed by atoms with E-state index in [0.717, 1.165) is 20.9 Å². The molecule has 56 heavy (non-hydrogen) atoms. The highest BCUT2D eigenvalue weighted by atomic mass is 32.2. The average molecular weight is 791 g/mol. The summed E-state index contributed by atoms with van der Waals surface area (Å²) in [5, 5.41) is 0. The Bertz CT molecular complexity index is 2320. The van der Waals surface area contributed by atoms with Crippen LogP contribution in [-0.4, -0.2) is 76.4 Å². The SMILES string of the molecule is Cc1ccc(S(=O)(=O)N(CCCN2C(=O)c3ccccc3C2=O)c2ccc(N(CCCN3C(=O)c4ccccc4C3=O)S(=O)(=O)c3ccc(C)cc3)cc2)cc1. The molecule has 0 radical (unpaired) electrons. The van der Waals surface area contributed by atoms with Crippen molar-refractivity contribution >= 4 is 55.1 Å². The number of anilines is 2. The summed E-state index contributed by atoms with van der Waals surface area (Å²) < 4.78 is 59.1. The first-order chi connectivity index (χ1) is 26.8. The fourth-order valence-electron chi connectivity index (χ4n) is 6.87. The van der Waals surface area contributed by atoms with Gasteiger partial charge in [-0.25, -0.2) is 16.8 Å². The fraction of sp³-hybridized carbons (Fsp3) is 0.190. The molecule has 4 amide bonds. The summed E-state index contributed by atoms with van der Waals surface area (Å²) in [6, 6.07) is 31.8. The van der Waals surface area contributed by atoms with Crippen molar-refractivity contribution in [1.29, 1.82) is 0 Å². The zero-order valence-electron chi connectivity index (χ0n) is 30.7. The molecule has 0 N–H and O–H groups in total. The predicted octanol–water partition coefficient (Wildman–Crippen LogP) is 6.07. The lowest BCUT2D eigenvalue weighted by atomic mass is 10.1. The number of rotatable bonds is 14. The van der Waals surface area contributed by atoms with Crippen LogP contribution in [0.1, 0.15) is 65.4 Å². The summed E-state index contributed by atoms with van der Waals surface area (Å²) in [6.45, 7) is 3.42. The van der Waals surface area contributed by atoms with E-state index in [4.69, 9.17) is 0 Å². The van der Waals surface area contributed by atoms with E-state index in [9.17, 15) is 36.0 Å². The van der Waals surface area contributed by atoms with Crippen LogP contribution >= 0.6 is 0 Å². The third-order valence-electron chi connectivity index (χ3n) is 9.89. The Hall–Kier alpha value is -6.12. The molecule has 0 atom stereocenters. The Morgan fingerprint density at radius 1 is 0.429 bits per heavy atom. The van der Waals surface area contributed by atoms with Crippen molar-refractivity contribution in [3.05, 3.63) is 155 Å². The van der Waals surface area contributed by atoms with Gasteiger partial charge in [-0.05, 0) is 99.5 Å². The highest BCUT2D eigenvalue weighted by molar-refractivity contribution is 7.93. The third-order valence-corrected chi connectivity index (χ3v) is 13.6. The van der Waals surface area contributed by atoms with Crippen LogP contribution in [0.3, 0.4) is 0 Å². The van der Waals surface area contributed by atoms with E-state index in [1.165, 1.54) is 57.1 Å². The summed E-state index contributed by atoms with van der Waals surface area (Å²) in [4.78, 5) is 54.4. The van der Waals surface area contributed by atoms with Crippen LogP contribution in [0.15, 0.2) is 131 Å². The molecule has 0 unspecified atom stereocenters. The molecule has 2 aliphatic rings. The first kappa shape index (κ1) is 38.2. The van der Waals surface area contributed by atoms with Crippen molar-refractivity contribution in [3.63, 3.8) is 0 Å². The molecule has 2 aliphatic heterocycles. The third kappa shape index (κ3) is 7.08. The molecule has 0 saturated carbocycles. The molecule has 5 aromatic carbocycles. The zero-order chi connectivity index (χ0) is 39.8. The normalized spacial score (nSPS) is 14.0. The Kier molecular flexibility index (Phi) is 10.4. The quantitative estimate of drug-likeness (QED) is 0.123. The summed E-state index contributed by atoms with van der Waals surface area (Å²) in [7, 11) is -8.34. The van der Waals surface area contributed by atoms with Crippen LogP contribution in [0.4, 0.5) is 11.4 Å². The molecule has 0 aliphatic carbocycles. The Morgan fingerprint density at radius 2 is 0.714 bits per heavy atom. The maximum absolute atomic E-state index is 14.2. The monoisotopic (exact) mass is 790 g/mol. The molecule has 14 heteroatoms. The lowest BCUT2D eigenvalue weighted by Crippen LogP contribution is -2.37. The molecule has 286 valence electrons. The van der Waals surface area contributed by atoms with E-state index in [0.29, 0.717) is 22.3 Å². The number of benzene rings is 5. The molecule has 0 saturated heterocycles. The number of hydrogen-bond acceptors (Lipinski definition) is 8. The van der Waals surface area contributed by atoms with E-state index in [2.05, 4.69) is 0 Å². The van der Waals surface area contributed by atoms with Crippen molar-refractivity contribution < 1.29 is 36.0 Å². The lowest BCUT2D eigenvalue weighted by molar-refractivity contribution is 0.0638. The predicted molar refractivity (Wildman–Crippen MR) is 211 cm³/mol. The van der Waals surface area contributed by atoms with Gasteiger partial charge in [-0.2, -0.15) is 0 Å². The van der Waals surface area contributed by atoms with Crippen LogP contribution in [-0.2, 0) is 20.0 Å². The van der Waals surface area contributed by atoms with E-state index >= 15 is 0 Å². The van der Waals surface area contributed by atoms with E-state index in [1.54, 1.807) is 72.8 Å². The summed E-state index contributed by atoms with van der Waals surface area (Å²) >= 11 is 0. The molecular weight excluding hydrogens is 753 g/mol. The minimum Gasteiger partial charge on any atom is -0.274 e. The van der Waals surface area contributed by atoms with Gasteiger partial charge in [-0.3, -0.25) is 37.6 Å². The number of nitrogens with zero attached hydrogens (tertiary/aromatic N) is 4. The molecular formula is C42H38N4O8S2. The number of hydrogen-bond donors (Lipinski definition) is 0. The number of aryl methyl sites for hydroxylation is 2. The van der Waals surface area contributed by atoms with Gasteiger partial charge in [0.1, 0.15) is 0 Å². The Balaban J connectivity index is 1.16. The second-order valence-corrected chi connectivity index (χ2v) is 17.3. The van der Waals surface area contributed by atoms with Crippen molar-refractivity contribution in [2.45, 2.75) is 36.5 Å². The molecule has 12 nitrogen and oxygen atoms in total. The van der Waals surface area contributed by atoms with Gasteiger partial charge in [0.25, 0.3) is 43.7 Å². The second-order valence-electron chi connectivity index (χ2n) is 13.6. The molecule has 7 rings (SSSR count). The smallest absolute Gasteiger partial charge is 0.264 e. The van der Waals surface area contributed by atoms with Crippen LogP contribution in [0.2, 0.25) is 0 Å². The van der Waals surface area contributed by atoms with E-state index in [-0.39, 0.29) is 60.2 Å². The lowest BCUT2D eigenvalue weighted by Gasteiger charge is -2.28. The molecule has 5 aromatic rings. The van der Waals surface area contributed by atoms with E-state index in [1.807, 2.05) is 13.8 Å². The molecule has 0 aromatic heterocycles. The number of carbonyl (C=O) groups excluding carboxylic acids is 4. The highest BCUT2D eigenvalue weighted by Gasteiger charge is 2.37. The molecule has 0 fully saturated rings. The number of amides is 4. The number of carbonyl (C=O) groups is 4. The van der Waals surface area contributed by atoms with Crippen molar-refractivity contribution in [3.8, 4) is 0 Å². The summed E-state index contributed by atoms with van der Waals surface area (Å²) in [5.74, 6) is -1.77. The van der Waals surface area contributed by atoms with Crippen molar-refractivity contribution in [2.75, 3.05) is 34.8 Å². The average Bonchev–Trinajstić information content (AvgIpc) is 3.58. The van der Waals surface area contributed by atoms with Gasteiger partial charge >= 0.3 is 0 Å². The van der Waals surface area contributed by atoms with Crippen LogP contribution in [0.5, 0.6) is 0 Å². The number of sulfonamides is 2. The van der Waals surface area contributed by atoms with Gasteiger partial charge in [0.05, 0.1) is 43.4 Å². The first-order valence-electron chi connectivity index (χ1n) is 18.0. The maximum atomic E-state index is 14.2. The van der Waals surface area contributed by atoms with Crippen LogP contribution < -0.4 is 8.61 Å². The minimum atomic E-state index is -4.17. The minimum absolute atomic E-state index is 0.0278. The van der Waals surface area contributed by atoms with Gasteiger partial charge in [0, 0.05) is 26.2 Å². The van der Waals surface area contributed by atoms with Gasteiger partial charge in [-0.15, -0.1) is 0 Å². The highest BCUT2D eigenvalue weighted by Crippen LogP contribution is 2.31. The van der Waals surface area contributed by atoms with Gasteiger partial charge in [-0.1, -0.05) is 59.7 Å². The fourth-order valence-corrected chi connectivity index (χ4v) is 9.87. The van der Waals surface area contributed by atoms with Gasteiger partial charge < -0.3 is 0 Å². The van der Waals surface area contributed by atoms with Gasteiger partial charge in [0.2, 0.25) is 0 Å². The standard InChI is InChI=1S/C42H38N4O8S2/c1-29-13-21-33(22-14-29)55(51,52)45(27-7-25-43-39(47)35-9-3-4-10-36(35)40(43)48)31-17-19-32(20-18-31)46(56(53,54)34-23-15-30(2)16-24-34)28-8-26-44-41(49)37-11-5-6-12-38(37)42(44)50/h3-6,9-24H,7-8,25-28H2,1-2H3. The Morgan fingerprint density at radius 3 is 1.00 bits per heavy atom. The summed E-state index contributed by atoms with van der Waals surface area (Å²) in [6.07, 6.45) is 0.230. The van der Waals surface area contributed by atoms with Crippen LogP contribution in [0, 0.1) is 13.8 Å².